The summed E-state index contributed by atoms with van der Waals surface area (Å²) in [4.78, 5) is 16.9. The van der Waals surface area contributed by atoms with Gasteiger partial charge in [0, 0.05) is 31.7 Å². The number of piperazine rings is 1. The summed E-state index contributed by atoms with van der Waals surface area (Å²) in [6.07, 6.45) is 1.09. The van der Waals surface area contributed by atoms with Crippen molar-refractivity contribution in [3.05, 3.63) is 35.6 Å². The lowest BCUT2D eigenvalue weighted by Gasteiger charge is -2.56. The maximum Gasteiger partial charge on any atom is 0.231 e. The van der Waals surface area contributed by atoms with Gasteiger partial charge in [-0.05, 0) is 31.2 Å². The van der Waals surface area contributed by atoms with Gasteiger partial charge in [-0.25, -0.2) is 4.39 Å². The van der Waals surface area contributed by atoms with Crippen molar-refractivity contribution in [3.63, 3.8) is 0 Å². The first-order chi connectivity index (χ1) is 9.60. The maximum absolute atomic E-state index is 13.0. The van der Waals surface area contributed by atoms with Crippen molar-refractivity contribution in [2.75, 3.05) is 26.7 Å². The molecule has 3 aliphatic rings. The lowest BCUT2D eigenvalue weighted by Crippen LogP contribution is -2.70. The summed E-state index contributed by atoms with van der Waals surface area (Å²) in [5, 5.41) is 0. The number of piperidine rings is 1. The zero-order chi connectivity index (χ0) is 14.3. The van der Waals surface area contributed by atoms with E-state index in [0.717, 1.165) is 25.1 Å². The Balaban J connectivity index is 1.77. The van der Waals surface area contributed by atoms with E-state index in [1.165, 1.54) is 12.1 Å². The van der Waals surface area contributed by atoms with Gasteiger partial charge in [0.15, 0.2) is 0 Å². The SMILES string of the molecule is CN1CC2CC(C1)N2C(=O)C(CN)c1ccc(F)cc1. The number of hydrogen-bond acceptors (Lipinski definition) is 3. The molecule has 4 rings (SSSR count). The van der Waals surface area contributed by atoms with Crippen LogP contribution in [0.2, 0.25) is 0 Å². The van der Waals surface area contributed by atoms with Gasteiger partial charge in [-0.1, -0.05) is 12.1 Å². The molecule has 5 heteroatoms. The Kier molecular flexibility index (Phi) is 3.48. The number of hydrogen-bond donors (Lipinski definition) is 1. The van der Waals surface area contributed by atoms with Crippen molar-refractivity contribution in [2.45, 2.75) is 24.4 Å². The molecule has 108 valence electrons. The monoisotopic (exact) mass is 277 g/mol. The molecule has 3 heterocycles. The van der Waals surface area contributed by atoms with E-state index in [4.69, 9.17) is 5.73 Å². The summed E-state index contributed by atoms with van der Waals surface area (Å²) in [5.41, 5.74) is 6.59. The number of carbonyl (C=O) groups is 1. The van der Waals surface area contributed by atoms with Crippen LogP contribution in [-0.2, 0) is 4.79 Å². The zero-order valence-electron chi connectivity index (χ0n) is 11.6. The van der Waals surface area contributed by atoms with E-state index in [1.807, 2.05) is 4.90 Å². The Morgan fingerprint density at radius 2 is 1.95 bits per heavy atom. The summed E-state index contributed by atoms with van der Waals surface area (Å²) in [7, 11) is 2.08. The van der Waals surface area contributed by atoms with Gasteiger partial charge >= 0.3 is 0 Å². The number of likely N-dealkylation sites (N-methyl/N-ethyl adjacent to an activating group) is 1. The third-order valence-corrected chi connectivity index (χ3v) is 4.44. The van der Waals surface area contributed by atoms with Gasteiger partial charge in [0.25, 0.3) is 0 Å². The van der Waals surface area contributed by atoms with Crippen LogP contribution < -0.4 is 5.73 Å². The van der Waals surface area contributed by atoms with E-state index in [1.54, 1.807) is 12.1 Å². The predicted molar refractivity (Wildman–Crippen MR) is 74.7 cm³/mol. The minimum absolute atomic E-state index is 0.0912. The molecule has 3 aliphatic heterocycles. The van der Waals surface area contributed by atoms with Gasteiger partial charge < -0.3 is 15.5 Å². The van der Waals surface area contributed by atoms with Crippen LogP contribution in [0.1, 0.15) is 17.9 Å². The molecule has 20 heavy (non-hydrogen) atoms. The molecule has 4 nitrogen and oxygen atoms in total. The Morgan fingerprint density at radius 3 is 2.50 bits per heavy atom. The Labute approximate surface area is 118 Å². The fourth-order valence-corrected chi connectivity index (χ4v) is 3.43. The molecule has 0 spiro atoms. The lowest BCUT2D eigenvalue weighted by atomic mass is 9.85. The Hall–Kier alpha value is -1.46. The molecule has 3 unspecified atom stereocenters. The van der Waals surface area contributed by atoms with E-state index in [9.17, 15) is 9.18 Å². The second kappa shape index (κ2) is 5.14. The second-order valence-electron chi connectivity index (χ2n) is 5.85. The molecule has 2 bridgehead atoms. The first-order valence-corrected chi connectivity index (χ1v) is 7.06. The molecule has 1 aromatic carbocycles. The van der Waals surface area contributed by atoms with Crippen molar-refractivity contribution in [3.8, 4) is 0 Å². The number of amides is 1. The summed E-state index contributed by atoms with van der Waals surface area (Å²) in [5.74, 6) is -0.558. The number of rotatable bonds is 3. The van der Waals surface area contributed by atoms with Crippen LogP contribution >= 0.6 is 0 Å². The van der Waals surface area contributed by atoms with Crippen molar-refractivity contribution in [2.24, 2.45) is 5.73 Å². The number of halogens is 1. The van der Waals surface area contributed by atoms with E-state index >= 15 is 0 Å². The molecule has 0 saturated carbocycles. The summed E-state index contributed by atoms with van der Waals surface area (Å²) in [6.45, 7) is 2.13. The summed E-state index contributed by atoms with van der Waals surface area (Å²) in [6, 6.07) is 6.73. The molecule has 1 amide bonds. The average Bonchev–Trinajstić information content (AvgIpc) is 2.41. The number of carbonyl (C=O) groups excluding carboxylic acids is 1. The van der Waals surface area contributed by atoms with Crippen LogP contribution in [0.25, 0.3) is 0 Å². The number of fused-ring (bicyclic) bond motifs is 2. The topological polar surface area (TPSA) is 49.6 Å². The molecule has 0 aliphatic carbocycles. The van der Waals surface area contributed by atoms with Crippen LogP contribution in [0.5, 0.6) is 0 Å². The molecule has 0 aromatic heterocycles. The Morgan fingerprint density at radius 1 is 1.35 bits per heavy atom. The quantitative estimate of drug-likeness (QED) is 0.888. The first kappa shape index (κ1) is 13.5. The third-order valence-electron chi connectivity index (χ3n) is 4.44. The van der Waals surface area contributed by atoms with Crippen LogP contribution in [0.4, 0.5) is 4.39 Å². The van der Waals surface area contributed by atoms with Gasteiger partial charge in [-0.15, -0.1) is 0 Å². The Bertz CT molecular complexity index is 492. The molecule has 0 radical (unpaired) electrons. The van der Waals surface area contributed by atoms with Gasteiger partial charge in [-0.2, -0.15) is 0 Å². The van der Waals surface area contributed by atoms with Gasteiger partial charge in [0.05, 0.1) is 5.92 Å². The highest BCUT2D eigenvalue weighted by Gasteiger charge is 2.47. The number of nitrogens with two attached hydrogens (primary N) is 1. The number of benzene rings is 1. The lowest BCUT2D eigenvalue weighted by molar-refractivity contribution is -0.154. The van der Waals surface area contributed by atoms with Gasteiger partial charge in [0.1, 0.15) is 5.82 Å². The van der Waals surface area contributed by atoms with Crippen LogP contribution in [0, 0.1) is 5.82 Å². The molecular formula is C15H20FN3O. The summed E-state index contributed by atoms with van der Waals surface area (Å²) < 4.78 is 13.0. The van der Waals surface area contributed by atoms with Crippen molar-refractivity contribution >= 4 is 5.91 Å². The minimum atomic E-state index is -0.357. The molecule has 2 N–H and O–H groups in total. The molecular weight excluding hydrogens is 257 g/mol. The maximum atomic E-state index is 13.0. The minimum Gasteiger partial charge on any atom is -0.333 e. The van der Waals surface area contributed by atoms with E-state index in [0.29, 0.717) is 12.1 Å². The van der Waals surface area contributed by atoms with Crippen molar-refractivity contribution in [1.82, 2.24) is 9.80 Å². The average molecular weight is 277 g/mol. The molecule has 3 atom stereocenters. The fourth-order valence-electron chi connectivity index (χ4n) is 3.43. The molecule has 3 saturated heterocycles. The first-order valence-electron chi connectivity index (χ1n) is 7.06. The zero-order valence-corrected chi connectivity index (χ0v) is 11.6. The highest BCUT2D eigenvalue weighted by Crippen LogP contribution is 2.34. The normalized spacial score (nSPS) is 27.1. The fraction of sp³-hybridized carbons (Fsp3) is 0.533. The highest BCUT2D eigenvalue weighted by atomic mass is 19.1. The summed E-state index contributed by atoms with van der Waals surface area (Å²) >= 11 is 0. The van der Waals surface area contributed by atoms with Gasteiger partial charge in [-0.3, -0.25) is 4.79 Å². The number of nitrogens with zero attached hydrogens (tertiary/aromatic N) is 2. The van der Waals surface area contributed by atoms with Crippen molar-refractivity contribution < 1.29 is 9.18 Å². The van der Waals surface area contributed by atoms with E-state index in [-0.39, 0.29) is 24.2 Å². The van der Waals surface area contributed by atoms with Crippen LogP contribution in [0.3, 0.4) is 0 Å². The molecule has 1 aromatic rings. The largest absolute Gasteiger partial charge is 0.333 e. The third kappa shape index (κ3) is 2.21. The second-order valence-corrected chi connectivity index (χ2v) is 5.85. The standard InChI is InChI=1S/C15H20FN3O/c1-18-8-12-6-13(9-18)19(12)15(20)14(7-17)10-2-4-11(16)5-3-10/h2-5,12-14H,6-9,17H2,1H3. The predicted octanol–water partition coefficient (Wildman–Crippen LogP) is 0.783. The van der Waals surface area contributed by atoms with E-state index in [2.05, 4.69) is 11.9 Å². The van der Waals surface area contributed by atoms with Crippen LogP contribution in [-0.4, -0.2) is 54.5 Å². The highest BCUT2D eigenvalue weighted by molar-refractivity contribution is 5.85. The van der Waals surface area contributed by atoms with Gasteiger partial charge in [0.2, 0.25) is 5.91 Å². The smallest absolute Gasteiger partial charge is 0.231 e. The van der Waals surface area contributed by atoms with Crippen molar-refractivity contribution in [1.29, 1.82) is 0 Å². The molecule has 3 fully saturated rings. The van der Waals surface area contributed by atoms with E-state index < -0.39 is 0 Å². The van der Waals surface area contributed by atoms with Crippen LogP contribution in [0.15, 0.2) is 24.3 Å².